The Kier molecular flexibility index (Phi) is 7.15. The number of fused-ring (bicyclic) bond motifs is 1. The fraction of sp³-hybridized carbons (Fsp3) is 0.480. The second kappa shape index (κ2) is 9.52. The first kappa shape index (κ1) is 27.8. The van der Waals surface area contributed by atoms with Gasteiger partial charge in [-0.15, -0.1) is 0 Å². The number of benzene rings is 2. The van der Waals surface area contributed by atoms with Gasteiger partial charge in [0.1, 0.15) is 5.82 Å². The van der Waals surface area contributed by atoms with E-state index in [1.54, 1.807) is 0 Å². The number of anilines is 1. The highest BCUT2D eigenvalue weighted by Gasteiger charge is 2.58. The van der Waals surface area contributed by atoms with Crippen molar-refractivity contribution in [2.75, 3.05) is 30.8 Å². The largest absolute Gasteiger partial charge is 0.416 e. The molecule has 0 aromatic heterocycles. The number of hydrogen-bond acceptors (Lipinski definition) is 5. The summed E-state index contributed by atoms with van der Waals surface area (Å²) >= 11 is 6.13. The van der Waals surface area contributed by atoms with Crippen LogP contribution in [0.1, 0.15) is 43.4 Å². The SMILES string of the molecule is CCN(CC)C1CC(CN2C(=O)C(O)(c3c(F)cccc3Cl)c3c2cc(S(C)(=O)=O)cc3C(F)(F)F)C1. The lowest BCUT2D eigenvalue weighted by molar-refractivity contribution is -0.142. The molecule has 37 heavy (non-hydrogen) atoms. The number of carbonyl (C=O) groups excluding carboxylic acids is 1. The predicted molar refractivity (Wildman–Crippen MR) is 131 cm³/mol. The van der Waals surface area contributed by atoms with Gasteiger partial charge in [0.25, 0.3) is 5.91 Å². The van der Waals surface area contributed by atoms with Gasteiger partial charge in [-0.05, 0) is 56.1 Å². The van der Waals surface area contributed by atoms with Crippen molar-refractivity contribution in [2.24, 2.45) is 5.92 Å². The second-order valence-electron chi connectivity index (χ2n) is 9.57. The van der Waals surface area contributed by atoms with E-state index >= 15 is 0 Å². The lowest BCUT2D eigenvalue weighted by atomic mass is 9.78. The molecule has 202 valence electrons. The first-order valence-corrected chi connectivity index (χ1v) is 14.1. The van der Waals surface area contributed by atoms with Gasteiger partial charge in [0.05, 0.1) is 26.7 Å². The lowest BCUT2D eigenvalue weighted by Crippen LogP contribution is -2.50. The number of aliphatic hydroxyl groups is 1. The zero-order chi connectivity index (χ0) is 27.5. The van der Waals surface area contributed by atoms with Crippen molar-refractivity contribution in [3.05, 3.63) is 57.9 Å². The third-order valence-corrected chi connectivity index (χ3v) is 8.74. The average molecular weight is 563 g/mol. The molecule has 1 N–H and O–H groups in total. The summed E-state index contributed by atoms with van der Waals surface area (Å²) in [6, 6.07) is 4.78. The van der Waals surface area contributed by atoms with Crippen LogP contribution in [-0.2, 0) is 26.4 Å². The number of carbonyl (C=O) groups is 1. The first-order chi connectivity index (χ1) is 17.1. The summed E-state index contributed by atoms with van der Waals surface area (Å²) in [4.78, 5) is 16.3. The van der Waals surface area contributed by atoms with Crippen molar-refractivity contribution in [2.45, 2.75) is 49.4 Å². The maximum absolute atomic E-state index is 15.0. The van der Waals surface area contributed by atoms with Crippen LogP contribution in [0, 0.1) is 11.7 Å². The third-order valence-electron chi connectivity index (χ3n) is 7.34. The molecule has 0 bridgehead atoms. The Morgan fingerprint density at radius 3 is 2.30 bits per heavy atom. The zero-order valence-corrected chi connectivity index (χ0v) is 22.0. The van der Waals surface area contributed by atoms with Gasteiger partial charge < -0.3 is 14.9 Å². The van der Waals surface area contributed by atoms with E-state index in [9.17, 15) is 35.9 Å². The molecule has 4 rings (SSSR count). The van der Waals surface area contributed by atoms with Crippen molar-refractivity contribution < 1.29 is 35.9 Å². The molecule has 1 aliphatic carbocycles. The van der Waals surface area contributed by atoms with Crippen LogP contribution in [0.4, 0.5) is 23.2 Å². The zero-order valence-electron chi connectivity index (χ0n) is 20.4. The average Bonchev–Trinajstić information content (AvgIpc) is 2.98. The van der Waals surface area contributed by atoms with Crippen molar-refractivity contribution in [3.63, 3.8) is 0 Å². The molecule has 2 aliphatic rings. The molecule has 0 radical (unpaired) electrons. The number of alkyl halides is 3. The van der Waals surface area contributed by atoms with Crippen LogP contribution in [0.15, 0.2) is 35.2 Å². The highest BCUT2D eigenvalue weighted by Crippen LogP contribution is 2.53. The third kappa shape index (κ3) is 4.64. The number of hydrogen-bond donors (Lipinski definition) is 1. The van der Waals surface area contributed by atoms with Crippen LogP contribution in [0.2, 0.25) is 5.02 Å². The van der Waals surface area contributed by atoms with Crippen LogP contribution in [0.5, 0.6) is 0 Å². The molecule has 12 heteroatoms. The van der Waals surface area contributed by atoms with Gasteiger partial charge >= 0.3 is 6.18 Å². The molecular formula is C25H27ClF4N2O4S. The predicted octanol–water partition coefficient (Wildman–Crippen LogP) is 4.60. The van der Waals surface area contributed by atoms with E-state index in [0.29, 0.717) is 18.9 Å². The highest BCUT2D eigenvalue weighted by molar-refractivity contribution is 7.90. The number of nitrogens with zero attached hydrogens (tertiary/aromatic N) is 2. The molecule has 1 unspecified atom stereocenters. The summed E-state index contributed by atoms with van der Waals surface area (Å²) in [5.41, 5.74) is -6.81. The van der Waals surface area contributed by atoms with Gasteiger partial charge in [0.2, 0.25) is 5.60 Å². The van der Waals surface area contributed by atoms with Gasteiger partial charge in [-0.1, -0.05) is 31.5 Å². The Balaban J connectivity index is 1.92. The van der Waals surface area contributed by atoms with Crippen LogP contribution >= 0.6 is 11.6 Å². The van der Waals surface area contributed by atoms with E-state index in [1.165, 1.54) is 6.07 Å². The smallest absolute Gasteiger partial charge is 0.372 e. The fourth-order valence-corrected chi connectivity index (χ4v) is 6.40. The van der Waals surface area contributed by atoms with Gasteiger partial charge in [0.15, 0.2) is 9.84 Å². The second-order valence-corrected chi connectivity index (χ2v) is 12.0. The fourth-order valence-electron chi connectivity index (χ4n) is 5.45. The topological polar surface area (TPSA) is 77.9 Å². The summed E-state index contributed by atoms with van der Waals surface area (Å²) in [6.45, 7) is 5.60. The Morgan fingerprint density at radius 1 is 1.16 bits per heavy atom. The minimum Gasteiger partial charge on any atom is -0.372 e. The number of halogens is 5. The maximum atomic E-state index is 15.0. The summed E-state index contributed by atoms with van der Waals surface area (Å²) in [5, 5.41) is 11.3. The molecule has 1 fully saturated rings. The molecule has 0 spiro atoms. The molecule has 1 aliphatic heterocycles. The number of rotatable bonds is 7. The van der Waals surface area contributed by atoms with E-state index < -0.39 is 65.6 Å². The quantitative estimate of drug-likeness (QED) is 0.499. The Hall–Kier alpha value is -2.21. The number of amides is 1. The van der Waals surface area contributed by atoms with Crippen LogP contribution in [-0.4, -0.2) is 56.3 Å². The van der Waals surface area contributed by atoms with E-state index in [4.69, 9.17) is 11.6 Å². The van der Waals surface area contributed by atoms with Crippen molar-refractivity contribution in [1.82, 2.24) is 4.90 Å². The minimum atomic E-state index is -5.17. The van der Waals surface area contributed by atoms with Crippen molar-refractivity contribution in [1.29, 1.82) is 0 Å². The monoisotopic (exact) mass is 562 g/mol. The minimum absolute atomic E-state index is 0.0670. The van der Waals surface area contributed by atoms with Crippen molar-refractivity contribution in [3.8, 4) is 0 Å². The van der Waals surface area contributed by atoms with E-state index in [1.807, 2.05) is 13.8 Å². The Morgan fingerprint density at radius 2 is 1.78 bits per heavy atom. The van der Waals surface area contributed by atoms with E-state index in [-0.39, 0.29) is 18.5 Å². The Bertz CT molecular complexity index is 1320. The maximum Gasteiger partial charge on any atom is 0.416 e. The Labute approximate surface area is 217 Å². The highest BCUT2D eigenvalue weighted by atomic mass is 35.5. The molecule has 1 saturated carbocycles. The molecule has 2 aromatic rings. The van der Waals surface area contributed by atoms with Gasteiger partial charge in [-0.3, -0.25) is 4.79 Å². The standard InChI is InChI=1S/C25H27ClF4N2O4S/c1-4-31(5-2)15-9-14(10-15)13-32-20-12-16(37(3,35)36)11-17(25(28,29)30)21(20)24(34,23(32)33)22-18(26)7-6-8-19(22)27/h6-8,11-12,14-15,34H,4-5,9-10,13H2,1-3H3. The molecule has 1 amide bonds. The van der Waals surface area contributed by atoms with Crippen LogP contribution in [0.3, 0.4) is 0 Å². The molecule has 1 atom stereocenters. The number of sulfone groups is 1. The molecule has 0 saturated heterocycles. The first-order valence-electron chi connectivity index (χ1n) is 11.8. The van der Waals surface area contributed by atoms with Crippen molar-refractivity contribution >= 4 is 33.0 Å². The molecule has 6 nitrogen and oxygen atoms in total. The van der Waals surface area contributed by atoms with Gasteiger partial charge in [-0.25, -0.2) is 12.8 Å². The summed E-state index contributed by atoms with van der Waals surface area (Å²) < 4.78 is 82.5. The van der Waals surface area contributed by atoms with Gasteiger partial charge in [0, 0.05) is 24.4 Å². The van der Waals surface area contributed by atoms with E-state index in [2.05, 4.69) is 4.90 Å². The van der Waals surface area contributed by atoms with Gasteiger partial charge in [-0.2, -0.15) is 13.2 Å². The van der Waals surface area contributed by atoms with E-state index in [0.717, 1.165) is 42.4 Å². The molecule has 1 heterocycles. The lowest BCUT2D eigenvalue weighted by Gasteiger charge is -2.43. The normalized spacial score (nSPS) is 23.9. The molecular weight excluding hydrogens is 536 g/mol. The summed E-state index contributed by atoms with van der Waals surface area (Å²) in [5.74, 6) is -2.49. The van der Waals surface area contributed by atoms with Crippen LogP contribution < -0.4 is 4.90 Å². The summed E-state index contributed by atoms with van der Waals surface area (Å²) in [6.07, 6.45) is -3.09. The van der Waals surface area contributed by atoms with Crippen LogP contribution in [0.25, 0.3) is 0 Å². The summed E-state index contributed by atoms with van der Waals surface area (Å²) in [7, 11) is -4.14. The molecule has 2 aromatic carbocycles.